The van der Waals surface area contributed by atoms with Crippen molar-refractivity contribution >= 4 is 38.6 Å². The highest BCUT2D eigenvalue weighted by molar-refractivity contribution is 7.89. The molecule has 1 aromatic carbocycles. The van der Waals surface area contributed by atoms with Gasteiger partial charge in [-0.1, -0.05) is 19.9 Å². The molecule has 5 rings (SSSR count). The Morgan fingerprint density at radius 2 is 1.91 bits per heavy atom. The molecule has 2 atom stereocenters. The smallest absolute Gasteiger partial charge is 0.287 e. The summed E-state index contributed by atoms with van der Waals surface area (Å²) in [7, 11) is -3.97. The van der Waals surface area contributed by atoms with Crippen LogP contribution < -0.4 is 15.4 Å². The van der Waals surface area contributed by atoms with Crippen LogP contribution >= 0.6 is 0 Å². The van der Waals surface area contributed by atoms with E-state index in [2.05, 4.69) is 20.5 Å². The summed E-state index contributed by atoms with van der Waals surface area (Å²) in [5.74, 6) is -0.763. The Balaban J connectivity index is 1.20. The molecule has 3 aromatic rings. The Hall–Kier alpha value is -3.85. The number of sulfonamides is 1. The van der Waals surface area contributed by atoms with Gasteiger partial charge in [-0.3, -0.25) is 19.3 Å². The van der Waals surface area contributed by atoms with Gasteiger partial charge in [0.1, 0.15) is 24.0 Å². The second-order valence-corrected chi connectivity index (χ2v) is 13.8. The largest absolute Gasteiger partial charge is 0.492 e. The van der Waals surface area contributed by atoms with Crippen LogP contribution in [0.5, 0.6) is 5.75 Å². The van der Waals surface area contributed by atoms with Crippen LogP contribution in [-0.4, -0.2) is 105 Å². The Morgan fingerprint density at radius 1 is 1.11 bits per heavy atom. The van der Waals surface area contributed by atoms with Crippen LogP contribution in [0, 0.1) is 5.92 Å². The van der Waals surface area contributed by atoms with Gasteiger partial charge in [-0.2, -0.15) is 4.31 Å². The number of morpholine rings is 1. The van der Waals surface area contributed by atoms with Crippen molar-refractivity contribution in [2.24, 2.45) is 5.92 Å². The van der Waals surface area contributed by atoms with Crippen molar-refractivity contribution in [3.8, 4) is 5.75 Å². The van der Waals surface area contributed by atoms with Crippen LogP contribution in [0.2, 0.25) is 0 Å². The molecule has 0 spiro atoms. The van der Waals surface area contributed by atoms with E-state index in [-0.39, 0.29) is 36.2 Å². The van der Waals surface area contributed by atoms with Crippen molar-refractivity contribution in [2.45, 2.75) is 50.2 Å². The number of hydrogen-bond donors (Lipinski definition) is 2. The van der Waals surface area contributed by atoms with Gasteiger partial charge in [-0.15, -0.1) is 0 Å². The summed E-state index contributed by atoms with van der Waals surface area (Å²) < 4.78 is 44.3. The van der Waals surface area contributed by atoms with Gasteiger partial charge in [0, 0.05) is 37.8 Å². The maximum atomic E-state index is 13.4. The number of Topliss-reactive ketones (excluding diaryl/α,β-unsaturated/α-hetero) is 1. The quantitative estimate of drug-likeness (QED) is 0.296. The van der Waals surface area contributed by atoms with Gasteiger partial charge in [0.25, 0.3) is 15.9 Å². The van der Waals surface area contributed by atoms with Crippen LogP contribution in [-0.2, 0) is 24.3 Å². The molecule has 0 bridgehead atoms. The zero-order valence-electron chi connectivity index (χ0n) is 26.1. The van der Waals surface area contributed by atoms with E-state index >= 15 is 0 Å². The molecule has 0 saturated carbocycles. The monoisotopic (exact) mass is 655 g/mol. The van der Waals surface area contributed by atoms with Gasteiger partial charge >= 0.3 is 0 Å². The molecule has 2 fully saturated rings. The third-order valence-corrected chi connectivity index (χ3v) is 9.76. The summed E-state index contributed by atoms with van der Waals surface area (Å²) in [6.07, 6.45) is 2.33. The number of furan rings is 1. The fourth-order valence-electron chi connectivity index (χ4n) is 5.53. The first-order chi connectivity index (χ1) is 22.1. The van der Waals surface area contributed by atoms with Gasteiger partial charge in [-0.05, 0) is 61.6 Å². The number of fused-ring (bicyclic) bond motifs is 1. The molecule has 14 heteroatoms. The maximum absolute atomic E-state index is 13.4. The van der Waals surface area contributed by atoms with Crippen molar-refractivity contribution in [3.63, 3.8) is 0 Å². The number of carbonyl (C=O) groups excluding carboxylic acids is 3. The summed E-state index contributed by atoms with van der Waals surface area (Å²) in [6.45, 7) is 8.09. The third kappa shape index (κ3) is 8.49. The minimum absolute atomic E-state index is 0.0444. The first-order valence-corrected chi connectivity index (χ1v) is 17.1. The average molecular weight is 656 g/mol. The Labute approximate surface area is 268 Å². The number of hydrogen-bond acceptors (Lipinski definition) is 10. The molecule has 2 saturated heterocycles. The van der Waals surface area contributed by atoms with E-state index < -0.39 is 39.7 Å². The number of carbonyl (C=O) groups is 3. The van der Waals surface area contributed by atoms with Gasteiger partial charge in [0.15, 0.2) is 16.6 Å². The molecule has 2 aliphatic rings. The van der Waals surface area contributed by atoms with Crippen molar-refractivity contribution in [2.75, 3.05) is 52.5 Å². The summed E-state index contributed by atoms with van der Waals surface area (Å²) in [6, 6.07) is 9.66. The number of amides is 2. The summed E-state index contributed by atoms with van der Waals surface area (Å²) in [4.78, 5) is 46.0. The van der Waals surface area contributed by atoms with Crippen LogP contribution in [0.3, 0.4) is 0 Å². The van der Waals surface area contributed by atoms with Gasteiger partial charge < -0.3 is 24.5 Å². The van der Waals surface area contributed by atoms with Crippen molar-refractivity contribution in [3.05, 3.63) is 54.4 Å². The second kappa shape index (κ2) is 15.2. The van der Waals surface area contributed by atoms with Gasteiger partial charge in [-0.25, -0.2) is 13.4 Å². The fourth-order valence-corrected chi connectivity index (χ4v) is 6.91. The van der Waals surface area contributed by atoms with E-state index in [4.69, 9.17) is 13.9 Å². The molecule has 1 unspecified atom stereocenters. The molecule has 13 nitrogen and oxygen atoms in total. The zero-order valence-corrected chi connectivity index (χ0v) is 27.0. The van der Waals surface area contributed by atoms with E-state index in [1.54, 1.807) is 30.3 Å². The van der Waals surface area contributed by atoms with Crippen LogP contribution in [0.25, 0.3) is 11.0 Å². The first kappa shape index (κ1) is 33.5. The topological polar surface area (TPSA) is 160 Å². The van der Waals surface area contributed by atoms with Gasteiger partial charge in [0.2, 0.25) is 5.91 Å². The summed E-state index contributed by atoms with van der Waals surface area (Å²) >= 11 is 0. The number of pyridine rings is 1. The first-order valence-electron chi connectivity index (χ1n) is 15.6. The van der Waals surface area contributed by atoms with Crippen LogP contribution in [0.15, 0.2) is 58.1 Å². The van der Waals surface area contributed by atoms with Crippen molar-refractivity contribution in [1.29, 1.82) is 0 Å². The zero-order chi connectivity index (χ0) is 32.7. The van der Waals surface area contributed by atoms with Crippen molar-refractivity contribution < 1.29 is 36.7 Å². The highest BCUT2D eigenvalue weighted by Crippen LogP contribution is 2.25. The van der Waals surface area contributed by atoms with Gasteiger partial charge in [0.05, 0.1) is 25.8 Å². The molecule has 46 heavy (non-hydrogen) atoms. The number of aromatic nitrogens is 1. The Bertz CT molecular complexity index is 1620. The van der Waals surface area contributed by atoms with E-state index in [0.717, 1.165) is 37.2 Å². The normalized spacial score (nSPS) is 19.1. The average Bonchev–Trinajstić information content (AvgIpc) is 3.38. The summed E-state index contributed by atoms with van der Waals surface area (Å²) in [5, 5.41) is 6.08. The number of nitrogens with zero attached hydrogens (tertiary/aromatic N) is 3. The molecule has 2 aliphatic heterocycles. The standard InChI is InChI=1S/C32H41N5O8S/c1-22(2)18-26(31(39)34-25-6-5-11-37(21-27(25)38)46(41,42)30-7-3-4-10-33-30)35-32(40)29-20-23-19-24(8-9-28(23)45-29)44-17-14-36-12-15-43-16-13-36/h3-4,7-10,19-20,22,25-26H,5-6,11-18,21H2,1-2H3,(H,34,39)(H,35,40)/t25?,26-/m0/s1. The fraction of sp³-hybridized carbons (Fsp3) is 0.500. The van der Waals surface area contributed by atoms with E-state index in [0.29, 0.717) is 36.2 Å². The van der Waals surface area contributed by atoms with E-state index in [1.165, 1.54) is 12.3 Å². The second-order valence-electron chi connectivity index (χ2n) is 11.9. The molecule has 0 radical (unpaired) electrons. The lowest BCUT2D eigenvalue weighted by atomic mass is 10.0. The SMILES string of the molecule is CC(C)C[C@H](NC(=O)c1cc2cc(OCCN3CCOCC3)ccc2o1)C(=O)NC1CCCN(S(=O)(=O)c2ccccn2)CC1=O. The van der Waals surface area contributed by atoms with Crippen molar-refractivity contribution in [1.82, 2.24) is 24.8 Å². The number of nitrogens with one attached hydrogen (secondary N) is 2. The lowest BCUT2D eigenvalue weighted by Crippen LogP contribution is -2.52. The lowest BCUT2D eigenvalue weighted by molar-refractivity contribution is -0.129. The number of ether oxygens (including phenoxy) is 2. The lowest BCUT2D eigenvalue weighted by Gasteiger charge is -2.26. The molecule has 2 amide bonds. The molecule has 0 aliphatic carbocycles. The molecular weight excluding hydrogens is 614 g/mol. The Morgan fingerprint density at radius 3 is 2.65 bits per heavy atom. The predicted octanol–water partition coefficient (Wildman–Crippen LogP) is 2.22. The molecule has 2 N–H and O–H groups in total. The minimum atomic E-state index is -3.97. The van der Waals surface area contributed by atoms with Crippen LogP contribution in [0.4, 0.5) is 0 Å². The number of rotatable bonds is 12. The molecule has 2 aromatic heterocycles. The third-order valence-electron chi connectivity index (χ3n) is 8.00. The summed E-state index contributed by atoms with van der Waals surface area (Å²) in [5.41, 5.74) is 0.504. The molecule has 248 valence electrons. The minimum Gasteiger partial charge on any atom is -0.492 e. The Kier molecular flexibility index (Phi) is 11.0. The number of benzene rings is 1. The number of ketones is 1. The molecular formula is C32H41N5O8S. The van der Waals surface area contributed by atoms with E-state index in [9.17, 15) is 22.8 Å². The predicted molar refractivity (Wildman–Crippen MR) is 169 cm³/mol. The highest BCUT2D eigenvalue weighted by atomic mass is 32.2. The maximum Gasteiger partial charge on any atom is 0.287 e. The molecule has 4 heterocycles. The van der Waals surface area contributed by atoms with E-state index in [1.807, 2.05) is 19.9 Å². The highest BCUT2D eigenvalue weighted by Gasteiger charge is 2.35. The van der Waals surface area contributed by atoms with Crippen LogP contribution in [0.1, 0.15) is 43.7 Å².